The molecule has 0 bridgehead atoms. The number of aliphatic hydroxyl groups is 1. The Labute approximate surface area is 118 Å². The molecule has 1 aliphatic heterocycles. The zero-order chi connectivity index (χ0) is 14.9. The first-order valence-electron chi connectivity index (χ1n) is 7.02. The Balaban J connectivity index is 2.34. The molecule has 0 amide bonds. The number of nitrogens with zero attached hydrogens (tertiary/aromatic N) is 4. The van der Waals surface area contributed by atoms with E-state index in [9.17, 15) is 15.2 Å². The number of anilines is 1. The predicted molar refractivity (Wildman–Crippen MR) is 76.0 cm³/mol. The molecule has 0 spiro atoms. The number of aromatic nitrogens is 2. The first kappa shape index (κ1) is 14.8. The van der Waals surface area contributed by atoms with Crippen LogP contribution in [0.3, 0.4) is 0 Å². The maximum absolute atomic E-state index is 11.4. The molecule has 0 atom stereocenters. The highest BCUT2D eigenvalue weighted by Crippen LogP contribution is 2.36. The van der Waals surface area contributed by atoms with E-state index < -0.39 is 0 Å². The maximum Gasteiger partial charge on any atom is 0.334 e. The molecule has 0 aromatic carbocycles. The van der Waals surface area contributed by atoms with E-state index in [2.05, 4.69) is 5.10 Å². The molecule has 1 N–H and O–H groups in total. The third-order valence-corrected chi connectivity index (χ3v) is 3.92. The molecule has 0 radical (unpaired) electrons. The minimum Gasteiger partial charge on any atom is -0.396 e. The highest BCUT2D eigenvalue weighted by atomic mass is 16.6. The fourth-order valence-electron chi connectivity index (χ4n) is 2.77. The minimum atomic E-state index is -0.324. The van der Waals surface area contributed by atoms with Gasteiger partial charge in [0.2, 0.25) is 5.82 Å². The fourth-order valence-corrected chi connectivity index (χ4v) is 2.77. The van der Waals surface area contributed by atoms with Crippen molar-refractivity contribution in [1.82, 2.24) is 9.78 Å². The molecule has 1 saturated heterocycles. The van der Waals surface area contributed by atoms with Crippen LogP contribution < -0.4 is 4.90 Å². The summed E-state index contributed by atoms with van der Waals surface area (Å²) in [7, 11) is 1.76. The molecular weight excluding hydrogens is 260 g/mol. The lowest BCUT2D eigenvalue weighted by molar-refractivity contribution is -0.385. The van der Waals surface area contributed by atoms with Crippen LogP contribution in [-0.2, 0) is 7.05 Å². The van der Waals surface area contributed by atoms with Crippen molar-refractivity contribution in [2.75, 3.05) is 24.6 Å². The molecule has 1 aliphatic rings. The van der Waals surface area contributed by atoms with Crippen LogP contribution in [0.5, 0.6) is 0 Å². The van der Waals surface area contributed by atoms with Gasteiger partial charge in [0.25, 0.3) is 0 Å². The normalized spacial score (nSPS) is 16.9. The molecular formula is C13H22N4O3. The summed E-state index contributed by atoms with van der Waals surface area (Å²) >= 11 is 0. The standard InChI is InChI=1S/C13H22N4O3/c1-9(2)11-12(17(19)20)13(15(3)14-11)16-6-4-10(8-18)5-7-16/h9-10,18H,4-8H2,1-3H3. The molecule has 0 unspecified atom stereocenters. The summed E-state index contributed by atoms with van der Waals surface area (Å²) < 4.78 is 1.62. The Kier molecular flexibility index (Phi) is 4.27. The van der Waals surface area contributed by atoms with Gasteiger partial charge < -0.3 is 10.0 Å². The summed E-state index contributed by atoms with van der Waals surface area (Å²) in [6, 6.07) is 0. The Morgan fingerprint density at radius 2 is 2.05 bits per heavy atom. The SMILES string of the molecule is CC(C)c1nn(C)c(N2CCC(CO)CC2)c1[N+](=O)[O-]. The van der Waals surface area contributed by atoms with Gasteiger partial charge in [0, 0.05) is 32.7 Å². The molecule has 20 heavy (non-hydrogen) atoms. The number of nitro groups is 1. The van der Waals surface area contributed by atoms with Gasteiger partial charge in [0.1, 0.15) is 5.69 Å². The van der Waals surface area contributed by atoms with Gasteiger partial charge in [-0.05, 0) is 18.8 Å². The number of hydrogen-bond donors (Lipinski definition) is 1. The van der Waals surface area contributed by atoms with Gasteiger partial charge in [0.05, 0.1) is 4.92 Å². The van der Waals surface area contributed by atoms with Crippen LogP contribution in [0.4, 0.5) is 11.5 Å². The van der Waals surface area contributed by atoms with Gasteiger partial charge in [-0.1, -0.05) is 13.8 Å². The van der Waals surface area contributed by atoms with E-state index in [0.29, 0.717) is 17.4 Å². The predicted octanol–water partition coefficient (Wildman–Crippen LogP) is 1.66. The molecule has 1 aromatic heterocycles. The van der Waals surface area contributed by atoms with Gasteiger partial charge in [0.15, 0.2) is 0 Å². The molecule has 7 nitrogen and oxygen atoms in total. The van der Waals surface area contributed by atoms with Crippen LogP contribution >= 0.6 is 0 Å². The van der Waals surface area contributed by atoms with E-state index in [-0.39, 0.29) is 23.1 Å². The van der Waals surface area contributed by atoms with Crippen molar-refractivity contribution in [2.24, 2.45) is 13.0 Å². The number of aliphatic hydroxyl groups excluding tert-OH is 1. The topological polar surface area (TPSA) is 84.4 Å². The average Bonchev–Trinajstić information content (AvgIpc) is 2.77. The second-order valence-electron chi connectivity index (χ2n) is 5.71. The van der Waals surface area contributed by atoms with Crippen molar-refractivity contribution in [2.45, 2.75) is 32.6 Å². The second kappa shape index (κ2) is 5.78. The van der Waals surface area contributed by atoms with Crippen LogP contribution in [-0.4, -0.2) is 39.5 Å². The van der Waals surface area contributed by atoms with Crippen molar-refractivity contribution < 1.29 is 10.0 Å². The zero-order valence-electron chi connectivity index (χ0n) is 12.2. The van der Waals surface area contributed by atoms with Crippen molar-refractivity contribution in [3.63, 3.8) is 0 Å². The zero-order valence-corrected chi connectivity index (χ0v) is 12.2. The van der Waals surface area contributed by atoms with Gasteiger partial charge >= 0.3 is 5.69 Å². The van der Waals surface area contributed by atoms with Crippen LogP contribution in [0.25, 0.3) is 0 Å². The first-order valence-corrected chi connectivity index (χ1v) is 7.02. The lowest BCUT2D eigenvalue weighted by atomic mass is 9.98. The van der Waals surface area contributed by atoms with Crippen LogP contribution in [0.15, 0.2) is 0 Å². The summed E-state index contributed by atoms with van der Waals surface area (Å²) in [5, 5.41) is 24.9. The highest BCUT2D eigenvalue weighted by Gasteiger charge is 2.33. The smallest absolute Gasteiger partial charge is 0.334 e. The lowest BCUT2D eigenvalue weighted by Crippen LogP contribution is -2.36. The van der Waals surface area contributed by atoms with E-state index in [1.165, 1.54) is 0 Å². The summed E-state index contributed by atoms with van der Waals surface area (Å²) in [4.78, 5) is 13.1. The molecule has 1 fully saturated rings. The number of hydrogen-bond acceptors (Lipinski definition) is 5. The largest absolute Gasteiger partial charge is 0.396 e. The third-order valence-electron chi connectivity index (χ3n) is 3.92. The molecule has 112 valence electrons. The molecule has 2 rings (SSSR count). The molecule has 7 heteroatoms. The van der Waals surface area contributed by atoms with Gasteiger partial charge in [-0.25, -0.2) is 4.68 Å². The first-order chi connectivity index (χ1) is 9.45. The van der Waals surface area contributed by atoms with E-state index in [4.69, 9.17) is 0 Å². The van der Waals surface area contributed by atoms with Crippen molar-refractivity contribution in [3.8, 4) is 0 Å². The maximum atomic E-state index is 11.4. The Hall–Kier alpha value is -1.63. The Morgan fingerprint density at radius 3 is 2.50 bits per heavy atom. The number of piperidine rings is 1. The number of aryl methyl sites for hydroxylation is 1. The number of rotatable bonds is 4. The van der Waals surface area contributed by atoms with Crippen molar-refractivity contribution >= 4 is 11.5 Å². The lowest BCUT2D eigenvalue weighted by Gasteiger charge is -2.31. The van der Waals surface area contributed by atoms with Crippen LogP contribution in [0.2, 0.25) is 0 Å². The summed E-state index contributed by atoms with van der Waals surface area (Å²) in [6.45, 7) is 5.47. The average molecular weight is 282 g/mol. The summed E-state index contributed by atoms with van der Waals surface area (Å²) in [5.74, 6) is 0.920. The Morgan fingerprint density at radius 1 is 1.45 bits per heavy atom. The van der Waals surface area contributed by atoms with E-state index in [1.54, 1.807) is 11.7 Å². The van der Waals surface area contributed by atoms with Gasteiger partial charge in [-0.15, -0.1) is 0 Å². The summed E-state index contributed by atoms with van der Waals surface area (Å²) in [6.07, 6.45) is 1.71. The van der Waals surface area contributed by atoms with Crippen molar-refractivity contribution in [3.05, 3.63) is 15.8 Å². The molecule has 1 aromatic rings. The monoisotopic (exact) mass is 282 g/mol. The second-order valence-corrected chi connectivity index (χ2v) is 5.71. The van der Waals surface area contributed by atoms with Crippen LogP contribution in [0.1, 0.15) is 38.3 Å². The van der Waals surface area contributed by atoms with E-state index in [0.717, 1.165) is 25.9 Å². The van der Waals surface area contributed by atoms with Crippen LogP contribution in [0, 0.1) is 16.0 Å². The van der Waals surface area contributed by atoms with E-state index >= 15 is 0 Å². The van der Waals surface area contributed by atoms with E-state index in [1.807, 2.05) is 18.7 Å². The summed E-state index contributed by atoms with van der Waals surface area (Å²) in [5.41, 5.74) is 0.668. The third kappa shape index (κ3) is 2.63. The Bertz CT molecular complexity index is 490. The molecule has 0 saturated carbocycles. The molecule has 2 heterocycles. The quantitative estimate of drug-likeness (QED) is 0.670. The van der Waals surface area contributed by atoms with Crippen molar-refractivity contribution in [1.29, 1.82) is 0 Å². The fraction of sp³-hybridized carbons (Fsp3) is 0.769. The van der Waals surface area contributed by atoms with Gasteiger partial charge in [-0.2, -0.15) is 5.10 Å². The van der Waals surface area contributed by atoms with Gasteiger partial charge in [-0.3, -0.25) is 10.1 Å². The molecule has 0 aliphatic carbocycles. The highest BCUT2D eigenvalue weighted by molar-refractivity contribution is 5.62. The minimum absolute atomic E-state index is 0.0188.